The minimum absolute atomic E-state index is 0.0119. The second-order valence-electron chi connectivity index (χ2n) is 12.5. The molecule has 56 heavy (non-hydrogen) atoms. The van der Waals surface area contributed by atoms with Crippen molar-refractivity contribution in [3.8, 4) is 17.2 Å². The third-order valence-electron chi connectivity index (χ3n) is 8.71. The fourth-order valence-electron chi connectivity index (χ4n) is 6.30. The van der Waals surface area contributed by atoms with Gasteiger partial charge < -0.3 is 14.8 Å². The van der Waals surface area contributed by atoms with Gasteiger partial charge in [-0.1, -0.05) is 30.8 Å². The molecule has 5 aromatic rings. The monoisotopic (exact) mass is 823 g/mol. The van der Waals surface area contributed by atoms with Crippen molar-refractivity contribution in [1.82, 2.24) is 0 Å². The molecule has 5 N–H and O–H groups in total. The number of fused-ring (bicyclic) bond motifs is 2. The first-order valence-electron chi connectivity index (χ1n) is 15.9. The molecule has 0 fully saturated rings. The van der Waals surface area contributed by atoms with Crippen LogP contribution in [0.5, 0.6) is 17.2 Å². The first-order chi connectivity index (χ1) is 26.0. The molecule has 6 rings (SSSR count). The van der Waals surface area contributed by atoms with E-state index in [9.17, 15) is 53.8 Å². The molecule has 0 bridgehead atoms. The number of aryl methyl sites for hydroxylation is 2. The molecule has 0 atom stereocenters. The zero-order chi connectivity index (χ0) is 41.1. The van der Waals surface area contributed by atoms with Gasteiger partial charge in [-0.15, -0.1) is 0 Å². The van der Waals surface area contributed by atoms with Gasteiger partial charge in [0.15, 0.2) is 0 Å². The Labute approximate surface area is 318 Å². The average molecular weight is 824 g/mol. The van der Waals surface area contributed by atoms with Gasteiger partial charge in [0.25, 0.3) is 36.0 Å². The predicted octanol–water partition coefficient (Wildman–Crippen LogP) is 5.38. The lowest BCUT2D eigenvalue weighted by atomic mass is 9.92. The molecule has 0 saturated heterocycles. The number of nitrogens with one attached hydrogen (secondary N) is 2. The van der Waals surface area contributed by atoms with Crippen molar-refractivity contribution in [3.05, 3.63) is 127 Å². The van der Waals surface area contributed by atoms with E-state index in [-0.39, 0.29) is 67.1 Å². The molecule has 5 aromatic carbocycles. The summed E-state index contributed by atoms with van der Waals surface area (Å²) < 4.78 is 118. The van der Waals surface area contributed by atoms with E-state index in [0.717, 1.165) is 36.4 Å². The fraction of sp³-hybridized carbons (Fsp3) is 0.0833. The van der Waals surface area contributed by atoms with Gasteiger partial charge in [0.2, 0.25) is 0 Å². The molecule has 0 aliphatic carbocycles. The predicted molar refractivity (Wildman–Crippen MR) is 202 cm³/mol. The summed E-state index contributed by atoms with van der Waals surface area (Å²) in [6, 6.07) is 15.7. The summed E-state index contributed by atoms with van der Waals surface area (Å²) in [4.78, 5) is 21.2. The van der Waals surface area contributed by atoms with Crippen LogP contribution in [0, 0.1) is 30.9 Å². The molecule has 1 aliphatic rings. The number of nitrogens with zero attached hydrogens (tertiary/aromatic N) is 1. The second-order valence-corrected chi connectivity index (χ2v) is 16.6. The Kier molecular flexibility index (Phi) is 10.00. The Balaban J connectivity index is 1.52. The van der Waals surface area contributed by atoms with Crippen LogP contribution in [0.15, 0.2) is 93.5 Å². The summed E-state index contributed by atoms with van der Waals surface area (Å²) in [6.45, 7) is 8.63. The van der Waals surface area contributed by atoms with Crippen LogP contribution in [0.1, 0.15) is 27.8 Å². The minimum Gasteiger partial charge on any atom is -0.456 e. The van der Waals surface area contributed by atoms with E-state index in [1.807, 2.05) is 0 Å². The van der Waals surface area contributed by atoms with Crippen LogP contribution in [0.3, 0.4) is 0 Å². The van der Waals surface area contributed by atoms with Gasteiger partial charge in [-0.25, -0.2) is 4.79 Å². The van der Waals surface area contributed by atoms with Gasteiger partial charge in [0.1, 0.15) is 31.9 Å². The van der Waals surface area contributed by atoms with E-state index in [4.69, 9.17) is 9.47 Å². The molecule has 17 nitrogen and oxygen atoms in total. The van der Waals surface area contributed by atoms with Gasteiger partial charge in [0, 0.05) is 45.8 Å². The second kappa shape index (κ2) is 14.2. The topological polar surface area (TPSA) is 266 Å². The molecule has 0 spiro atoms. The standard InChI is InChI=1S/C36H29N3O14S3/c1-18-14-28-25(15-31(18)55(46,47)48)33(24-7-5-6-8-30(24)54(43,44)45)26-16-32(56(49,50)51)27(17-29(26)53-28)37-34-19(2)13-20(3)35(21(34)4)38-36(40)52-23-11-9-22(10-12-23)39(41)42/h5-17,37H,1H2,2-4H3,(H,38,40)(H,43,44,45)(H,46,47,48)(H,49,50,51). The number of anilines is 3. The maximum Gasteiger partial charge on any atom is 0.417 e. The van der Waals surface area contributed by atoms with Gasteiger partial charge >= 0.3 is 6.09 Å². The fourth-order valence-corrected chi connectivity index (χ4v) is 8.31. The highest BCUT2D eigenvalue weighted by molar-refractivity contribution is 7.86. The maximum absolute atomic E-state index is 13.0. The van der Waals surface area contributed by atoms with Crippen LogP contribution in [0.25, 0.3) is 12.2 Å². The Hall–Kier alpha value is -6.16. The smallest absolute Gasteiger partial charge is 0.417 e. The maximum atomic E-state index is 13.0. The Morgan fingerprint density at radius 2 is 1.36 bits per heavy atom. The van der Waals surface area contributed by atoms with Crippen molar-refractivity contribution in [2.24, 2.45) is 0 Å². The van der Waals surface area contributed by atoms with Gasteiger partial charge in [0.05, 0.1) is 16.3 Å². The number of hydrogen-bond acceptors (Lipinski definition) is 12. The van der Waals surface area contributed by atoms with Crippen molar-refractivity contribution in [2.75, 3.05) is 10.6 Å². The number of non-ortho nitro benzene ring substituents is 1. The molecule has 1 amide bonds. The molecule has 0 saturated carbocycles. The normalized spacial score (nSPS) is 12.6. The van der Waals surface area contributed by atoms with E-state index in [0.29, 0.717) is 16.7 Å². The lowest BCUT2D eigenvalue weighted by Crippen LogP contribution is -2.25. The van der Waals surface area contributed by atoms with E-state index in [1.54, 1.807) is 26.8 Å². The highest BCUT2D eigenvalue weighted by Gasteiger charge is 2.31. The zero-order valence-corrected chi connectivity index (χ0v) is 31.7. The summed E-state index contributed by atoms with van der Waals surface area (Å²) in [7, 11) is -15.0. The van der Waals surface area contributed by atoms with Crippen LogP contribution in [-0.2, 0) is 30.4 Å². The third-order valence-corrected chi connectivity index (χ3v) is 11.5. The number of nitro benzene ring substituents is 1. The van der Waals surface area contributed by atoms with E-state index in [2.05, 4.69) is 17.2 Å². The van der Waals surface area contributed by atoms with Crippen molar-refractivity contribution in [1.29, 1.82) is 0 Å². The van der Waals surface area contributed by atoms with Crippen LogP contribution in [0.2, 0.25) is 0 Å². The number of amides is 1. The van der Waals surface area contributed by atoms with Crippen molar-refractivity contribution in [2.45, 2.75) is 35.5 Å². The molecular weight excluding hydrogens is 795 g/mol. The number of rotatable bonds is 9. The van der Waals surface area contributed by atoms with Gasteiger partial charge in [-0.05, 0) is 79.1 Å². The lowest BCUT2D eigenvalue weighted by Gasteiger charge is -2.25. The lowest BCUT2D eigenvalue weighted by molar-refractivity contribution is -0.384. The molecule has 290 valence electrons. The summed E-state index contributed by atoms with van der Waals surface area (Å²) >= 11 is 0. The third kappa shape index (κ3) is 7.69. The number of ether oxygens (including phenoxy) is 2. The summed E-state index contributed by atoms with van der Waals surface area (Å²) in [5.41, 5.74) is 0.994. The average Bonchev–Trinajstić information content (AvgIpc) is 3.09. The number of benzene rings is 5. The van der Waals surface area contributed by atoms with E-state index in [1.165, 1.54) is 36.4 Å². The molecule has 1 heterocycles. The van der Waals surface area contributed by atoms with E-state index >= 15 is 0 Å². The van der Waals surface area contributed by atoms with Crippen LogP contribution < -0.4 is 30.5 Å². The highest BCUT2D eigenvalue weighted by Crippen LogP contribution is 2.44. The van der Waals surface area contributed by atoms with Gasteiger partial charge in [-0.2, -0.15) is 25.3 Å². The van der Waals surface area contributed by atoms with Crippen molar-refractivity contribution >= 4 is 71.3 Å². The summed E-state index contributed by atoms with van der Waals surface area (Å²) in [5, 5.41) is 16.2. The number of carbonyl (C=O) groups excluding carboxylic acids is 1. The largest absolute Gasteiger partial charge is 0.456 e. The van der Waals surface area contributed by atoms with Crippen molar-refractivity contribution < 1.29 is 58.1 Å². The quantitative estimate of drug-likeness (QED) is 0.0696. The molecule has 0 unspecified atom stereocenters. The van der Waals surface area contributed by atoms with Crippen LogP contribution in [0.4, 0.5) is 27.5 Å². The SMILES string of the molecule is C=c1cc2c(cc1S(=O)(=O)O)=C(c1ccccc1S(=O)(=O)O)c1cc(S(=O)(=O)O)c(Nc3c(C)cc(C)c(NC(=O)Oc4ccc([N+](=O)[O-])cc4)c3C)cc1O2. The van der Waals surface area contributed by atoms with E-state index < -0.39 is 56.1 Å². The summed E-state index contributed by atoms with van der Waals surface area (Å²) in [5.74, 6) is -0.210. The Morgan fingerprint density at radius 3 is 1.96 bits per heavy atom. The number of nitro groups is 1. The number of hydrogen-bond donors (Lipinski definition) is 5. The minimum atomic E-state index is -5.13. The Bertz CT molecular complexity index is 2990. The molecule has 1 aliphatic heterocycles. The van der Waals surface area contributed by atoms with Crippen LogP contribution in [-0.4, -0.2) is 49.9 Å². The molecular formula is C36H29N3O14S3. The molecule has 20 heteroatoms. The van der Waals surface area contributed by atoms with Crippen molar-refractivity contribution in [3.63, 3.8) is 0 Å². The molecule has 0 radical (unpaired) electrons. The van der Waals surface area contributed by atoms with Crippen LogP contribution >= 0.6 is 0 Å². The Morgan fingerprint density at radius 1 is 0.750 bits per heavy atom. The molecule has 0 aromatic heterocycles. The highest BCUT2D eigenvalue weighted by atomic mass is 32.2. The van der Waals surface area contributed by atoms with Gasteiger partial charge in [-0.3, -0.25) is 29.1 Å². The number of carbonyl (C=O) groups is 1. The first kappa shape index (κ1) is 39.5. The zero-order valence-electron chi connectivity index (χ0n) is 29.2. The summed E-state index contributed by atoms with van der Waals surface area (Å²) in [6.07, 6.45) is -0.950. The first-order valence-corrected chi connectivity index (χ1v) is 20.2.